The molecule has 0 aliphatic heterocycles. The molecular formula is C14H20BrN5O. The molecule has 114 valence electrons. The summed E-state index contributed by atoms with van der Waals surface area (Å²) >= 11 is 3.49. The number of carbonyl (C=O) groups is 1. The molecule has 1 amide bonds. The fourth-order valence-corrected chi connectivity index (χ4v) is 2.38. The van der Waals surface area contributed by atoms with Gasteiger partial charge in [-0.3, -0.25) is 14.2 Å². The number of amides is 1. The van der Waals surface area contributed by atoms with Crippen LogP contribution in [0.5, 0.6) is 0 Å². The van der Waals surface area contributed by atoms with E-state index in [0.717, 1.165) is 27.1 Å². The summed E-state index contributed by atoms with van der Waals surface area (Å²) in [5, 5.41) is 11.5. The maximum Gasteiger partial charge on any atom is 0.222 e. The predicted octanol–water partition coefficient (Wildman–Crippen LogP) is 2.01. The summed E-state index contributed by atoms with van der Waals surface area (Å²) in [7, 11) is 1.89. The summed E-state index contributed by atoms with van der Waals surface area (Å²) in [6.45, 7) is 7.01. The zero-order valence-corrected chi connectivity index (χ0v) is 14.4. The van der Waals surface area contributed by atoms with Crippen LogP contribution in [0.4, 0.5) is 0 Å². The highest BCUT2D eigenvalue weighted by molar-refractivity contribution is 9.10. The molecule has 0 aliphatic rings. The number of carbonyl (C=O) groups excluding carboxylic acids is 1. The third-order valence-corrected chi connectivity index (χ3v) is 4.80. The summed E-state index contributed by atoms with van der Waals surface area (Å²) in [6.07, 6.45) is 2.20. The van der Waals surface area contributed by atoms with E-state index in [0.29, 0.717) is 19.5 Å². The molecule has 2 heterocycles. The number of hydrogen-bond donors (Lipinski definition) is 1. The van der Waals surface area contributed by atoms with Crippen molar-refractivity contribution in [2.45, 2.75) is 40.3 Å². The van der Waals surface area contributed by atoms with Crippen molar-refractivity contribution in [1.29, 1.82) is 0 Å². The zero-order chi connectivity index (χ0) is 15.6. The molecule has 0 aromatic carbocycles. The second kappa shape index (κ2) is 6.43. The third-order valence-electron chi connectivity index (χ3n) is 3.66. The van der Waals surface area contributed by atoms with Gasteiger partial charge in [0.1, 0.15) is 0 Å². The van der Waals surface area contributed by atoms with E-state index in [2.05, 4.69) is 31.4 Å². The van der Waals surface area contributed by atoms with Gasteiger partial charge in [-0.1, -0.05) is 0 Å². The first kappa shape index (κ1) is 15.8. The lowest BCUT2D eigenvalue weighted by Gasteiger charge is -2.06. The van der Waals surface area contributed by atoms with Gasteiger partial charge in [0, 0.05) is 37.0 Å². The Bertz CT molecular complexity index is 659. The van der Waals surface area contributed by atoms with Crippen molar-refractivity contribution in [2.75, 3.05) is 0 Å². The minimum atomic E-state index is 0.0157. The van der Waals surface area contributed by atoms with Crippen LogP contribution in [0.25, 0.3) is 0 Å². The van der Waals surface area contributed by atoms with E-state index in [4.69, 9.17) is 0 Å². The minimum Gasteiger partial charge on any atom is -0.352 e. The van der Waals surface area contributed by atoms with Gasteiger partial charge in [0.2, 0.25) is 5.91 Å². The quantitative estimate of drug-likeness (QED) is 0.893. The highest BCUT2D eigenvalue weighted by Gasteiger charge is 2.10. The second-order valence-electron chi connectivity index (χ2n) is 5.11. The van der Waals surface area contributed by atoms with E-state index >= 15 is 0 Å². The molecule has 0 fully saturated rings. The van der Waals surface area contributed by atoms with Gasteiger partial charge < -0.3 is 5.32 Å². The Kier molecular flexibility index (Phi) is 4.82. The van der Waals surface area contributed by atoms with Gasteiger partial charge in [-0.25, -0.2) is 0 Å². The summed E-state index contributed by atoms with van der Waals surface area (Å²) < 4.78 is 4.66. The number of aryl methyl sites for hydroxylation is 3. The van der Waals surface area contributed by atoms with Crippen LogP contribution in [-0.2, 0) is 24.9 Å². The van der Waals surface area contributed by atoms with Crippen LogP contribution >= 0.6 is 15.9 Å². The molecule has 0 bridgehead atoms. The van der Waals surface area contributed by atoms with Crippen molar-refractivity contribution < 1.29 is 4.79 Å². The molecule has 2 aromatic heterocycles. The van der Waals surface area contributed by atoms with E-state index in [1.807, 2.05) is 32.5 Å². The predicted molar refractivity (Wildman–Crippen MR) is 83.8 cm³/mol. The molecule has 2 aromatic rings. The lowest BCUT2D eigenvalue weighted by Crippen LogP contribution is -2.24. The molecule has 0 atom stereocenters. The van der Waals surface area contributed by atoms with Crippen LogP contribution in [0.3, 0.4) is 0 Å². The monoisotopic (exact) mass is 353 g/mol. The zero-order valence-electron chi connectivity index (χ0n) is 12.8. The van der Waals surface area contributed by atoms with Crippen molar-refractivity contribution in [1.82, 2.24) is 24.9 Å². The molecule has 21 heavy (non-hydrogen) atoms. The lowest BCUT2D eigenvalue weighted by molar-refractivity contribution is -0.121. The smallest absolute Gasteiger partial charge is 0.222 e. The summed E-state index contributed by atoms with van der Waals surface area (Å²) in [6, 6.07) is 0. The van der Waals surface area contributed by atoms with Gasteiger partial charge in [-0.2, -0.15) is 10.2 Å². The van der Waals surface area contributed by atoms with Crippen molar-refractivity contribution in [2.24, 2.45) is 7.05 Å². The molecule has 0 spiro atoms. The number of aromatic nitrogens is 4. The standard InChI is InChI=1S/C14H20BrN5O/c1-9-14(15)11(3)20(18-9)6-5-13(21)16-7-12-8-17-19(4)10(12)2/h8H,5-7H2,1-4H3,(H,16,21). The summed E-state index contributed by atoms with van der Waals surface area (Å²) in [5.41, 5.74) is 4.10. The molecule has 7 heteroatoms. The van der Waals surface area contributed by atoms with E-state index in [1.165, 1.54) is 0 Å². The normalized spacial score (nSPS) is 10.9. The van der Waals surface area contributed by atoms with Gasteiger partial charge in [-0.05, 0) is 36.7 Å². The van der Waals surface area contributed by atoms with Crippen LogP contribution in [0, 0.1) is 20.8 Å². The average molecular weight is 354 g/mol. The first-order valence-corrected chi connectivity index (χ1v) is 7.63. The van der Waals surface area contributed by atoms with Crippen molar-refractivity contribution >= 4 is 21.8 Å². The van der Waals surface area contributed by atoms with E-state index in [1.54, 1.807) is 10.9 Å². The Labute approximate surface area is 132 Å². The lowest BCUT2D eigenvalue weighted by atomic mass is 10.2. The minimum absolute atomic E-state index is 0.0157. The van der Waals surface area contributed by atoms with Crippen LogP contribution in [0.15, 0.2) is 10.7 Å². The maximum absolute atomic E-state index is 11.9. The van der Waals surface area contributed by atoms with Crippen molar-refractivity contribution in [3.05, 3.63) is 33.3 Å². The number of halogens is 1. The van der Waals surface area contributed by atoms with Gasteiger partial charge in [-0.15, -0.1) is 0 Å². The molecule has 0 aliphatic carbocycles. The third kappa shape index (κ3) is 3.53. The van der Waals surface area contributed by atoms with E-state index < -0.39 is 0 Å². The Morgan fingerprint density at radius 2 is 2.05 bits per heavy atom. The van der Waals surface area contributed by atoms with Crippen LogP contribution in [0.2, 0.25) is 0 Å². The van der Waals surface area contributed by atoms with Gasteiger partial charge >= 0.3 is 0 Å². The first-order valence-electron chi connectivity index (χ1n) is 6.83. The number of hydrogen-bond acceptors (Lipinski definition) is 3. The fourth-order valence-electron chi connectivity index (χ4n) is 2.10. The molecule has 0 radical (unpaired) electrons. The van der Waals surface area contributed by atoms with Gasteiger partial charge in [0.15, 0.2) is 0 Å². The van der Waals surface area contributed by atoms with Gasteiger partial charge in [0.25, 0.3) is 0 Å². The highest BCUT2D eigenvalue weighted by atomic mass is 79.9. The molecule has 0 unspecified atom stereocenters. The maximum atomic E-state index is 11.9. The highest BCUT2D eigenvalue weighted by Crippen LogP contribution is 2.19. The number of rotatable bonds is 5. The molecule has 0 saturated heterocycles. The fraction of sp³-hybridized carbons (Fsp3) is 0.500. The SMILES string of the molecule is Cc1nn(CCC(=O)NCc2cnn(C)c2C)c(C)c1Br. The van der Waals surface area contributed by atoms with Crippen LogP contribution in [-0.4, -0.2) is 25.5 Å². The molecule has 0 saturated carbocycles. The topological polar surface area (TPSA) is 64.7 Å². The Hall–Kier alpha value is -1.63. The van der Waals surface area contributed by atoms with Crippen LogP contribution in [0.1, 0.15) is 29.1 Å². The largest absolute Gasteiger partial charge is 0.352 e. The van der Waals surface area contributed by atoms with Gasteiger partial charge in [0.05, 0.1) is 22.9 Å². The molecule has 2 rings (SSSR count). The Morgan fingerprint density at radius 3 is 2.57 bits per heavy atom. The Balaban J connectivity index is 1.85. The first-order chi connectivity index (χ1) is 9.90. The molecule has 1 N–H and O–H groups in total. The number of nitrogens with zero attached hydrogens (tertiary/aromatic N) is 4. The number of nitrogens with one attached hydrogen (secondary N) is 1. The molecule has 6 nitrogen and oxygen atoms in total. The Morgan fingerprint density at radius 1 is 1.33 bits per heavy atom. The van der Waals surface area contributed by atoms with Crippen molar-refractivity contribution in [3.63, 3.8) is 0 Å². The second-order valence-corrected chi connectivity index (χ2v) is 5.91. The average Bonchev–Trinajstić information content (AvgIpc) is 2.90. The van der Waals surface area contributed by atoms with Crippen LogP contribution < -0.4 is 5.32 Å². The van der Waals surface area contributed by atoms with Crippen molar-refractivity contribution in [3.8, 4) is 0 Å². The summed E-state index contributed by atoms with van der Waals surface area (Å²) in [5.74, 6) is 0.0157. The van der Waals surface area contributed by atoms with E-state index in [-0.39, 0.29) is 5.91 Å². The molecular weight excluding hydrogens is 334 g/mol. The summed E-state index contributed by atoms with van der Waals surface area (Å²) in [4.78, 5) is 11.9. The van der Waals surface area contributed by atoms with E-state index in [9.17, 15) is 4.79 Å².